The van der Waals surface area contributed by atoms with Gasteiger partial charge in [-0.25, -0.2) is 9.78 Å². The first-order valence-corrected chi connectivity index (χ1v) is 6.58. The molecular formula is C14H11BrN2O3. The van der Waals surface area contributed by atoms with Crippen LogP contribution < -0.4 is 5.32 Å². The maximum Gasteiger partial charge on any atom is 0.330 e. The first kappa shape index (κ1) is 14.2. The van der Waals surface area contributed by atoms with E-state index < -0.39 is 17.9 Å². The molecule has 2 rings (SSSR count). The van der Waals surface area contributed by atoms with Crippen molar-refractivity contribution >= 4 is 27.8 Å². The number of pyridine rings is 1. The van der Waals surface area contributed by atoms with Crippen LogP contribution in [0.5, 0.6) is 0 Å². The number of benzene rings is 1. The van der Waals surface area contributed by atoms with Crippen LogP contribution in [0, 0.1) is 0 Å². The van der Waals surface area contributed by atoms with Crippen molar-refractivity contribution in [3.05, 3.63) is 64.4 Å². The van der Waals surface area contributed by atoms with Crippen molar-refractivity contribution in [1.29, 1.82) is 0 Å². The highest BCUT2D eigenvalue weighted by atomic mass is 79.9. The molecule has 0 aliphatic heterocycles. The van der Waals surface area contributed by atoms with Crippen molar-refractivity contribution < 1.29 is 14.7 Å². The highest BCUT2D eigenvalue weighted by Gasteiger charge is 2.23. The number of aromatic nitrogens is 1. The fourth-order valence-electron chi connectivity index (χ4n) is 1.70. The standard InChI is InChI=1S/C14H11BrN2O3/c15-12-10(7-4-8-16-12)13(18)17-11(14(19)20)9-5-2-1-3-6-9/h1-8,11H,(H,17,18)(H,19,20)/t11-/m0/s1. The number of rotatable bonds is 4. The van der Waals surface area contributed by atoms with Gasteiger partial charge in [0.05, 0.1) is 5.56 Å². The molecular weight excluding hydrogens is 324 g/mol. The van der Waals surface area contributed by atoms with Gasteiger partial charge in [0.1, 0.15) is 4.60 Å². The molecule has 1 aromatic heterocycles. The summed E-state index contributed by atoms with van der Waals surface area (Å²) < 4.78 is 0.370. The smallest absolute Gasteiger partial charge is 0.330 e. The number of hydrogen-bond donors (Lipinski definition) is 2. The van der Waals surface area contributed by atoms with Crippen molar-refractivity contribution in [2.45, 2.75) is 6.04 Å². The van der Waals surface area contributed by atoms with Crippen LogP contribution in [-0.4, -0.2) is 22.0 Å². The molecule has 0 fully saturated rings. The topological polar surface area (TPSA) is 79.3 Å². The maximum atomic E-state index is 12.1. The molecule has 20 heavy (non-hydrogen) atoms. The third-order valence-corrected chi connectivity index (χ3v) is 3.29. The van der Waals surface area contributed by atoms with Crippen molar-refractivity contribution in [1.82, 2.24) is 10.3 Å². The van der Waals surface area contributed by atoms with E-state index in [1.165, 1.54) is 6.20 Å². The van der Waals surface area contributed by atoms with Crippen molar-refractivity contribution in [3.63, 3.8) is 0 Å². The van der Waals surface area contributed by atoms with Gasteiger partial charge in [-0.05, 0) is 33.6 Å². The van der Waals surface area contributed by atoms with Gasteiger partial charge in [-0.3, -0.25) is 4.79 Å². The number of carbonyl (C=O) groups excluding carboxylic acids is 1. The summed E-state index contributed by atoms with van der Waals surface area (Å²) in [4.78, 5) is 27.4. The molecule has 6 heteroatoms. The van der Waals surface area contributed by atoms with E-state index in [0.717, 1.165) is 0 Å². The van der Waals surface area contributed by atoms with Crippen LogP contribution in [0.1, 0.15) is 22.0 Å². The predicted molar refractivity (Wildman–Crippen MR) is 76.2 cm³/mol. The summed E-state index contributed by atoms with van der Waals surface area (Å²) in [5.41, 5.74) is 0.794. The number of aliphatic carboxylic acids is 1. The number of nitrogens with one attached hydrogen (secondary N) is 1. The lowest BCUT2D eigenvalue weighted by atomic mass is 10.1. The fourth-order valence-corrected chi connectivity index (χ4v) is 2.13. The first-order valence-electron chi connectivity index (χ1n) is 5.78. The van der Waals surface area contributed by atoms with Gasteiger partial charge in [0, 0.05) is 6.20 Å². The minimum Gasteiger partial charge on any atom is -0.479 e. The second kappa shape index (κ2) is 6.29. The van der Waals surface area contributed by atoms with Crippen LogP contribution >= 0.6 is 15.9 Å². The molecule has 1 amide bonds. The van der Waals surface area contributed by atoms with Gasteiger partial charge in [-0.1, -0.05) is 30.3 Å². The Labute approximate surface area is 123 Å². The van der Waals surface area contributed by atoms with Gasteiger partial charge < -0.3 is 10.4 Å². The van der Waals surface area contributed by atoms with Crippen LogP contribution in [0.3, 0.4) is 0 Å². The zero-order valence-corrected chi connectivity index (χ0v) is 11.9. The number of halogens is 1. The molecule has 0 saturated carbocycles. The first-order chi connectivity index (χ1) is 9.59. The molecule has 1 atom stereocenters. The predicted octanol–water partition coefficient (Wildman–Crippen LogP) is 2.40. The van der Waals surface area contributed by atoms with Gasteiger partial charge in [0.2, 0.25) is 0 Å². The number of amides is 1. The minimum atomic E-state index is -1.12. The monoisotopic (exact) mass is 334 g/mol. The van der Waals surface area contributed by atoms with Gasteiger partial charge in [0.25, 0.3) is 5.91 Å². The summed E-state index contributed by atoms with van der Waals surface area (Å²) in [5.74, 6) is -1.62. The minimum absolute atomic E-state index is 0.287. The Morgan fingerprint density at radius 1 is 1.15 bits per heavy atom. The van der Waals surface area contributed by atoms with E-state index >= 15 is 0 Å². The zero-order valence-electron chi connectivity index (χ0n) is 10.3. The second-order valence-electron chi connectivity index (χ2n) is 4.00. The third kappa shape index (κ3) is 3.21. The number of nitrogens with zero attached hydrogens (tertiary/aromatic N) is 1. The van der Waals surface area contributed by atoms with E-state index in [9.17, 15) is 14.7 Å². The average Bonchev–Trinajstić information content (AvgIpc) is 2.45. The normalized spacial score (nSPS) is 11.7. The molecule has 0 bridgehead atoms. The Balaban J connectivity index is 2.24. The van der Waals surface area contributed by atoms with Crippen LogP contribution in [0.15, 0.2) is 53.3 Å². The van der Waals surface area contributed by atoms with Crippen LogP contribution in [0.2, 0.25) is 0 Å². The van der Waals surface area contributed by atoms with Gasteiger partial charge in [-0.2, -0.15) is 0 Å². The molecule has 5 nitrogen and oxygen atoms in total. The highest BCUT2D eigenvalue weighted by Crippen LogP contribution is 2.16. The fraction of sp³-hybridized carbons (Fsp3) is 0.0714. The summed E-state index contributed by atoms with van der Waals surface area (Å²) in [6.45, 7) is 0. The summed E-state index contributed by atoms with van der Waals surface area (Å²) >= 11 is 3.16. The molecule has 0 saturated heterocycles. The number of hydrogen-bond acceptors (Lipinski definition) is 3. The molecule has 1 heterocycles. The maximum absolute atomic E-state index is 12.1. The number of carboxylic acid groups (broad SMARTS) is 1. The van der Waals surface area contributed by atoms with Gasteiger partial charge in [-0.15, -0.1) is 0 Å². The van der Waals surface area contributed by atoms with E-state index in [1.807, 2.05) is 0 Å². The lowest BCUT2D eigenvalue weighted by Crippen LogP contribution is -2.34. The largest absolute Gasteiger partial charge is 0.479 e. The van der Waals surface area contributed by atoms with Crippen LogP contribution in [0.25, 0.3) is 0 Å². The van der Waals surface area contributed by atoms with E-state index in [1.54, 1.807) is 42.5 Å². The third-order valence-electron chi connectivity index (χ3n) is 2.66. The van der Waals surface area contributed by atoms with Crippen LogP contribution in [0.4, 0.5) is 0 Å². The zero-order chi connectivity index (χ0) is 14.5. The summed E-state index contributed by atoms with van der Waals surface area (Å²) in [6.07, 6.45) is 1.53. The van der Waals surface area contributed by atoms with Gasteiger partial charge >= 0.3 is 5.97 Å². The lowest BCUT2D eigenvalue weighted by molar-refractivity contribution is -0.139. The molecule has 0 aliphatic rings. The highest BCUT2D eigenvalue weighted by molar-refractivity contribution is 9.10. The molecule has 0 radical (unpaired) electrons. The number of carbonyl (C=O) groups is 2. The molecule has 102 valence electrons. The Bertz CT molecular complexity index is 631. The molecule has 2 N–H and O–H groups in total. The molecule has 0 unspecified atom stereocenters. The molecule has 2 aromatic rings. The molecule has 1 aromatic carbocycles. The second-order valence-corrected chi connectivity index (χ2v) is 4.75. The van der Waals surface area contributed by atoms with E-state index in [4.69, 9.17) is 0 Å². The van der Waals surface area contributed by atoms with E-state index in [2.05, 4.69) is 26.2 Å². The lowest BCUT2D eigenvalue weighted by Gasteiger charge is -2.15. The van der Waals surface area contributed by atoms with Crippen molar-refractivity contribution in [3.8, 4) is 0 Å². The van der Waals surface area contributed by atoms with E-state index in [-0.39, 0.29) is 5.56 Å². The average molecular weight is 335 g/mol. The van der Waals surface area contributed by atoms with Crippen LogP contribution in [-0.2, 0) is 4.79 Å². The van der Waals surface area contributed by atoms with E-state index in [0.29, 0.717) is 10.2 Å². The van der Waals surface area contributed by atoms with Crippen molar-refractivity contribution in [2.75, 3.05) is 0 Å². The van der Waals surface area contributed by atoms with Crippen molar-refractivity contribution in [2.24, 2.45) is 0 Å². The summed E-state index contributed by atoms with van der Waals surface area (Å²) in [7, 11) is 0. The molecule has 0 aliphatic carbocycles. The summed E-state index contributed by atoms with van der Waals surface area (Å²) in [6, 6.07) is 10.6. The molecule has 0 spiro atoms. The van der Waals surface area contributed by atoms with Gasteiger partial charge in [0.15, 0.2) is 6.04 Å². The SMILES string of the molecule is O=C(N[C@H](C(=O)O)c1ccccc1)c1cccnc1Br. The Kier molecular flexibility index (Phi) is 4.47. The number of carboxylic acids is 1. The Hall–Kier alpha value is -2.21. The summed E-state index contributed by atoms with van der Waals surface area (Å²) in [5, 5.41) is 11.7. The quantitative estimate of drug-likeness (QED) is 0.841. The Morgan fingerprint density at radius 3 is 2.45 bits per heavy atom. The Morgan fingerprint density at radius 2 is 1.85 bits per heavy atom.